The van der Waals surface area contributed by atoms with Crippen molar-refractivity contribution in [1.82, 2.24) is 14.7 Å². The molecule has 0 aromatic carbocycles. The summed E-state index contributed by atoms with van der Waals surface area (Å²) in [6, 6.07) is 0.516. The van der Waals surface area contributed by atoms with Crippen LogP contribution in [0.3, 0.4) is 0 Å². The first-order valence-electron chi connectivity index (χ1n) is 6.28. The van der Waals surface area contributed by atoms with E-state index in [1.807, 2.05) is 6.20 Å². The van der Waals surface area contributed by atoms with Gasteiger partial charge in [0.2, 0.25) is 0 Å². The van der Waals surface area contributed by atoms with Gasteiger partial charge in [-0.2, -0.15) is 0 Å². The third kappa shape index (κ3) is 1.86. The number of fused-ring (bicyclic) bond motifs is 1. The van der Waals surface area contributed by atoms with Crippen LogP contribution in [0.25, 0.3) is 4.96 Å². The van der Waals surface area contributed by atoms with Crippen molar-refractivity contribution in [3.05, 3.63) is 23.5 Å². The molecule has 18 heavy (non-hydrogen) atoms. The van der Waals surface area contributed by atoms with Gasteiger partial charge in [0.15, 0.2) is 4.96 Å². The molecule has 0 radical (unpaired) electrons. The fraction of sp³-hybridized carbons (Fsp3) is 0.615. The second-order valence-corrected chi connectivity index (χ2v) is 6.41. The second kappa shape index (κ2) is 4.33. The standard InChI is InChI=1S/C13H19N3OS/c1-13(2)10(6-11(13)17-3)14-7-9-8-16-4-5-18-12(16)15-9/h4-5,8,10-11,14H,6-7H2,1-3H3. The fourth-order valence-corrected chi connectivity index (χ4v) is 3.44. The Kier molecular flexibility index (Phi) is 2.92. The van der Waals surface area contributed by atoms with Gasteiger partial charge in [-0.1, -0.05) is 13.8 Å². The number of rotatable bonds is 4. The molecule has 1 aliphatic rings. The molecule has 0 spiro atoms. The average molecular weight is 265 g/mol. The van der Waals surface area contributed by atoms with Crippen LogP contribution in [0.4, 0.5) is 0 Å². The maximum Gasteiger partial charge on any atom is 0.193 e. The number of methoxy groups -OCH3 is 1. The lowest BCUT2D eigenvalue weighted by atomic mass is 9.64. The minimum Gasteiger partial charge on any atom is -0.381 e. The van der Waals surface area contributed by atoms with E-state index >= 15 is 0 Å². The van der Waals surface area contributed by atoms with E-state index in [2.05, 4.69) is 40.1 Å². The Morgan fingerprint density at radius 2 is 2.44 bits per heavy atom. The number of imidazole rings is 1. The van der Waals surface area contributed by atoms with Gasteiger partial charge in [-0.3, -0.25) is 4.40 Å². The molecule has 3 rings (SSSR count). The van der Waals surface area contributed by atoms with E-state index in [1.54, 1.807) is 18.4 Å². The van der Waals surface area contributed by atoms with E-state index in [4.69, 9.17) is 4.74 Å². The Balaban J connectivity index is 1.61. The molecule has 4 nitrogen and oxygen atoms in total. The van der Waals surface area contributed by atoms with E-state index < -0.39 is 0 Å². The molecule has 2 unspecified atom stereocenters. The van der Waals surface area contributed by atoms with Crippen molar-refractivity contribution in [3.63, 3.8) is 0 Å². The summed E-state index contributed by atoms with van der Waals surface area (Å²) < 4.78 is 7.54. The normalized spacial score (nSPS) is 26.4. The van der Waals surface area contributed by atoms with Gasteiger partial charge in [-0.05, 0) is 6.42 Å². The first kappa shape index (κ1) is 12.1. The van der Waals surface area contributed by atoms with Crippen molar-refractivity contribution >= 4 is 16.3 Å². The van der Waals surface area contributed by atoms with Gasteiger partial charge in [0, 0.05) is 42.9 Å². The van der Waals surface area contributed by atoms with Crippen molar-refractivity contribution in [1.29, 1.82) is 0 Å². The van der Waals surface area contributed by atoms with Crippen molar-refractivity contribution in [2.45, 2.75) is 39.0 Å². The van der Waals surface area contributed by atoms with E-state index in [9.17, 15) is 0 Å². The molecule has 0 bridgehead atoms. The van der Waals surface area contributed by atoms with Crippen LogP contribution in [-0.2, 0) is 11.3 Å². The Morgan fingerprint density at radius 3 is 3.11 bits per heavy atom. The molecule has 2 aromatic heterocycles. The van der Waals surface area contributed by atoms with Gasteiger partial charge in [0.1, 0.15) is 0 Å². The topological polar surface area (TPSA) is 38.6 Å². The number of ether oxygens (including phenoxy) is 1. The van der Waals surface area contributed by atoms with Crippen molar-refractivity contribution < 1.29 is 4.74 Å². The van der Waals surface area contributed by atoms with E-state index in [1.165, 1.54) is 0 Å². The predicted molar refractivity (Wildman–Crippen MR) is 72.9 cm³/mol. The molecule has 2 atom stereocenters. The molecule has 5 heteroatoms. The lowest BCUT2D eigenvalue weighted by Crippen LogP contribution is -2.60. The third-order valence-electron chi connectivity index (χ3n) is 4.13. The average Bonchev–Trinajstić information content (AvgIpc) is 2.88. The summed E-state index contributed by atoms with van der Waals surface area (Å²) >= 11 is 1.67. The highest BCUT2D eigenvalue weighted by molar-refractivity contribution is 7.15. The largest absolute Gasteiger partial charge is 0.381 e. The predicted octanol–water partition coefficient (Wildman–Crippen LogP) is 2.30. The Bertz CT molecular complexity index is 517. The maximum atomic E-state index is 5.46. The highest BCUT2D eigenvalue weighted by atomic mass is 32.1. The maximum absolute atomic E-state index is 5.46. The molecule has 1 saturated carbocycles. The molecule has 1 aliphatic carbocycles. The van der Waals surface area contributed by atoms with Gasteiger partial charge in [0.05, 0.1) is 11.8 Å². The van der Waals surface area contributed by atoms with E-state index in [0.717, 1.165) is 23.6 Å². The number of hydrogen-bond acceptors (Lipinski definition) is 4. The highest BCUT2D eigenvalue weighted by Gasteiger charge is 2.48. The highest BCUT2D eigenvalue weighted by Crippen LogP contribution is 2.42. The number of thiazole rings is 1. The first-order chi connectivity index (χ1) is 8.61. The van der Waals surface area contributed by atoms with Gasteiger partial charge in [-0.15, -0.1) is 11.3 Å². The smallest absolute Gasteiger partial charge is 0.193 e. The minimum absolute atomic E-state index is 0.214. The summed E-state index contributed by atoms with van der Waals surface area (Å²) in [6.07, 6.45) is 5.61. The van der Waals surface area contributed by atoms with Gasteiger partial charge < -0.3 is 10.1 Å². The van der Waals surface area contributed by atoms with Gasteiger partial charge in [-0.25, -0.2) is 4.98 Å². The Labute approximate surface area is 111 Å². The van der Waals surface area contributed by atoms with Crippen LogP contribution < -0.4 is 5.32 Å². The van der Waals surface area contributed by atoms with Crippen LogP contribution in [0.15, 0.2) is 17.8 Å². The molecular formula is C13H19N3OS. The van der Waals surface area contributed by atoms with Crippen molar-refractivity contribution in [2.75, 3.05) is 7.11 Å². The first-order valence-corrected chi connectivity index (χ1v) is 7.16. The zero-order valence-corrected chi connectivity index (χ0v) is 11.8. The van der Waals surface area contributed by atoms with Crippen molar-refractivity contribution in [2.24, 2.45) is 5.41 Å². The number of aromatic nitrogens is 2. The van der Waals surface area contributed by atoms with Gasteiger partial charge >= 0.3 is 0 Å². The summed E-state index contributed by atoms with van der Waals surface area (Å²) in [6.45, 7) is 5.35. The molecule has 0 amide bonds. The van der Waals surface area contributed by atoms with E-state index in [-0.39, 0.29) is 5.41 Å². The Morgan fingerprint density at radius 1 is 1.61 bits per heavy atom. The summed E-state index contributed by atoms with van der Waals surface area (Å²) in [5.74, 6) is 0. The van der Waals surface area contributed by atoms with Gasteiger partial charge in [0.25, 0.3) is 0 Å². The fourth-order valence-electron chi connectivity index (χ4n) is 2.72. The summed E-state index contributed by atoms with van der Waals surface area (Å²) in [5.41, 5.74) is 1.32. The molecule has 1 N–H and O–H groups in total. The van der Waals surface area contributed by atoms with Crippen LogP contribution in [0, 0.1) is 5.41 Å². The van der Waals surface area contributed by atoms with Crippen LogP contribution >= 0.6 is 11.3 Å². The van der Waals surface area contributed by atoms with Crippen LogP contribution in [0.1, 0.15) is 26.0 Å². The van der Waals surface area contributed by atoms with Crippen LogP contribution in [0.2, 0.25) is 0 Å². The third-order valence-corrected chi connectivity index (χ3v) is 4.91. The SMILES string of the molecule is COC1CC(NCc2cn3ccsc3n2)C1(C)C. The molecule has 98 valence electrons. The summed E-state index contributed by atoms with van der Waals surface area (Å²) in [7, 11) is 1.80. The molecule has 0 aliphatic heterocycles. The molecule has 2 aromatic rings. The number of nitrogens with one attached hydrogen (secondary N) is 1. The lowest BCUT2D eigenvalue weighted by Gasteiger charge is -2.51. The van der Waals surface area contributed by atoms with Crippen molar-refractivity contribution in [3.8, 4) is 0 Å². The molecule has 2 heterocycles. The monoisotopic (exact) mass is 265 g/mol. The zero-order valence-electron chi connectivity index (χ0n) is 11.0. The molecular weight excluding hydrogens is 246 g/mol. The molecule has 1 fully saturated rings. The van der Waals surface area contributed by atoms with E-state index in [0.29, 0.717) is 12.1 Å². The Hall–Kier alpha value is -0.910. The summed E-state index contributed by atoms with van der Waals surface area (Å²) in [4.78, 5) is 5.64. The zero-order chi connectivity index (χ0) is 12.8. The minimum atomic E-state index is 0.214. The lowest BCUT2D eigenvalue weighted by molar-refractivity contribution is -0.0979. The number of hydrogen-bond donors (Lipinski definition) is 1. The quantitative estimate of drug-likeness (QED) is 0.922. The number of nitrogens with zero attached hydrogens (tertiary/aromatic N) is 2. The van der Waals surface area contributed by atoms with Crippen LogP contribution in [-0.4, -0.2) is 28.6 Å². The second-order valence-electron chi connectivity index (χ2n) is 5.54. The van der Waals surface area contributed by atoms with Crippen LogP contribution in [0.5, 0.6) is 0 Å². The molecule has 0 saturated heterocycles. The summed E-state index contributed by atoms with van der Waals surface area (Å²) in [5, 5.41) is 5.64.